The largest absolute Gasteiger partial charge is 0.379 e. The van der Waals surface area contributed by atoms with Gasteiger partial charge >= 0.3 is 0 Å². The number of fused-ring (bicyclic) bond motifs is 1. The average molecular weight is 343 g/mol. The van der Waals surface area contributed by atoms with Crippen LogP contribution in [0.3, 0.4) is 0 Å². The Balaban J connectivity index is 1.76. The predicted molar refractivity (Wildman–Crippen MR) is 101 cm³/mol. The quantitative estimate of drug-likeness (QED) is 0.877. The zero-order valence-corrected chi connectivity index (χ0v) is 15.6. The number of nitrogens with zero attached hydrogens (tertiary/aromatic N) is 2. The molecule has 5 heteroatoms. The Hall–Kier alpha value is -1.85. The smallest absolute Gasteiger partial charge is 0.268 e. The van der Waals surface area contributed by atoms with Gasteiger partial charge in [0.25, 0.3) is 5.91 Å². The van der Waals surface area contributed by atoms with Crippen molar-refractivity contribution in [2.24, 2.45) is 0 Å². The van der Waals surface area contributed by atoms with Gasteiger partial charge in [-0.15, -0.1) is 0 Å². The summed E-state index contributed by atoms with van der Waals surface area (Å²) in [5, 5.41) is 4.30. The number of aromatic nitrogens is 1. The maximum absolute atomic E-state index is 12.8. The molecule has 5 nitrogen and oxygen atoms in total. The van der Waals surface area contributed by atoms with Crippen molar-refractivity contribution in [3.63, 3.8) is 0 Å². The number of ether oxygens (including phenoxy) is 1. The van der Waals surface area contributed by atoms with E-state index in [0.29, 0.717) is 6.54 Å². The third-order valence-electron chi connectivity index (χ3n) is 5.14. The van der Waals surface area contributed by atoms with Gasteiger partial charge in [0.05, 0.1) is 13.2 Å². The van der Waals surface area contributed by atoms with Gasteiger partial charge in [-0.3, -0.25) is 9.69 Å². The zero-order chi connectivity index (χ0) is 17.8. The van der Waals surface area contributed by atoms with Crippen molar-refractivity contribution in [1.82, 2.24) is 14.8 Å². The standard InChI is InChI=1S/C20H29N3O2/c1-4-16-6-7-18-17(14-16)15(3)19(23(18)5-2)20(24)21-8-9-22-10-12-25-13-11-22/h6-7,14H,4-5,8-13H2,1-3H3,(H,21,24). The summed E-state index contributed by atoms with van der Waals surface area (Å²) in [4.78, 5) is 15.2. The molecule has 0 unspecified atom stereocenters. The van der Waals surface area contributed by atoms with Gasteiger partial charge in [-0.2, -0.15) is 0 Å². The van der Waals surface area contributed by atoms with E-state index in [9.17, 15) is 4.79 Å². The number of carbonyl (C=O) groups is 1. The first-order valence-corrected chi connectivity index (χ1v) is 9.35. The Morgan fingerprint density at radius 1 is 1.24 bits per heavy atom. The third kappa shape index (κ3) is 3.72. The lowest BCUT2D eigenvalue weighted by atomic mass is 10.1. The monoisotopic (exact) mass is 343 g/mol. The summed E-state index contributed by atoms with van der Waals surface area (Å²) in [6.07, 6.45) is 1.01. The summed E-state index contributed by atoms with van der Waals surface area (Å²) >= 11 is 0. The summed E-state index contributed by atoms with van der Waals surface area (Å²) < 4.78 is 7.50. The van der Waals surface area contributed by atoms with E-state index in [0.717, 1.165) is 62.6 Å². The van der Waals surface area contributed by atoms with Crippen LogP contribution in [0, 0.1) is 6.92 Å². The number of rotatable bonds is 6. The van der Waals surface area contributed by atoms with Gasteiger partial charge in [-0.1, -0.05) is 13.0 Å². The van der Waals surface area contributed by atoms with E-state index in [1.165, 1.54) is 10.9 Å². The maximum atomic E-state index is 12.8. The fourth-order valence-electron chi connectivity index (χ4n) is 3.65. The number of hydrogen-bond acceptors (Lipinski definition) is 3. The number of hydrogen-bond donors (Lipinski definition) is 1. The number of morpholine rings is 1. The Kier molecular flexibility index (Phi) is 5.76. The molecule has 25 heavy (non-hydrogen) atoms. The minimum absolute atomic E-state index is 0.0295. The minimum Gasteiger partial charge on any atom is -0.379 e. The van der Waals surface area contributed by atoms with Crippen LogP contribution in [0.4, 0.5) is 0 Å². The second-order valence-corrected chi connectivity index (χ2v) is 6.63. The van der Waals surface area contributed by atoms with E-state index in [1.54, 1.807) is 0 Å². The van der Waals surface area contributed by atoms with Gasteiger partial charge < -0.3 is 14.6 Å². The van der Waals surface area contributed by atoms with Gasteiger partial charge in [0.15, 0.2) is 0 Å². The molecule has 2 heterocycles. The van der Waals surface area contributed by atoms with Crippen molar-refractivity contribution in [1.29, 1.82) is 0 Å². The third-order valence-corrected chi connectivity index (χ3v) is 5.14. The van der Waals surface area contributed by atoms with Crippen molar-refractivity contribution < 1.29 is 9.53 Å². The fraction of sp³-hybridized carbons (Fsp3) is 0.550. The molecule has 0 saturated carbocycles. The Labute approximate surface area is 149 Å². The molecule has 1 N–H and O–H groups in total. The van der Waals surface area contributed by atoms with E-state index in [4.69, 9.17) is 4.74 Å². The molecular formula is C20H29N3O2. The number of carbonyl (C=O) groups excluding carboxylic acids is 1. The van der Waals surface area contributed by atoms with Gasteiger partial charge in [0.1, 0.15) is 5.69 Å². The van der Waals surface area contributed by atoms with E-state index in [2.05, 4.69) is 53.8 Å². The van der Waals surface area contributed by atoms with Crippen LogP contribution in [0.25, 0.3) is 10.9 Å². The van der Waals surface area contributed by atoms with Gasteiger partial charge in [-0.05, 0) is 43.5 Å². The topological polar surface area (TPSA) is 46.5 Å². The summed E-state index contributed by atoms with van der Waals surface area (Å²) in [6.45, 7) is 12.1. The molecule has 136 valence electrons. The van der Waals surface area contributed by atoms with Crippen molar-refractivity contribution >= 4 is 16.8 Å². The molecule has 0 bridgehead atoms. The molecule has 1 aliphatic rings. The highest BCUT2D eigenvalue weighted by molar-refractivity contribution is 6.01. The molecule has 1 saturated heterocycles. The second-order valence-electron chi connectivity index (χ2n) is 6.63. The summed E-state index contributed by atoms with van der Waals surface area (Å²) in [7, 11) is 0. The van der Waals surface area contributed by atoms with E-state index >= 15 is 0 Å². The SMILES string of the molecule is CCc1ccc2c(c1)c(C)c(C(=O)NCCN1CCOCC1)n2CC. The second kappa shape index (κ2) is 8.02. The molecule has 0 aliphatic carbocycles. The highest BCUT2D eigenvalue weighted by Crippen LogP contribution is 2.27. The molecule has 1 aliphatic heterocycles. The van der Waals surface area contributed by atoms with Crippen molar-refractivity contribution in [2.75, 3.05) is 39.4 Å². The van der Waals surface area contributed by atoms with E-state index in [1.807, 2.05) is 0 Å². The average Bonchev–Trinajstić information content (AvgIpc) is 2.94. The van der Waals surface area contributed by atoms with Crippen LogP contribution in [0.15, 0.2) is 18.2 Å². The Bertz CT molecular complexity index is 745. The fourth-order valence-corrected chi connectivity index (χ4v) is 3.65. The number of aryl methyl sites for hydroxylation is 3. The van der Waals surface area contributed by atoms with Crippen LogP contribution >= 0.6 is 0 Å². The highest BCUT2D eigenvalue weighted by Gasteiger charge is 2.20. The molecule has 3 rings (SSSR count). The van der Waals surface area contributed by atoms with E-state index in [-0.39, 0.29) is 5.91 Å². The van der Waals surface area contributed by atoms with Crippen LogP contribution in [0.2, 0.25) is 0 Å². The summed E-state index contributed by atoms with van der Waals surface area (Å²) in [5.41, 5.74) is 4.34. The molecule has 1 aromatic carbocycles. The van der Waals surface area contributed by atoms with Crippen LogP contribution in [-0.4, -0.2) is 54.8 Å². The summed E-state index contributed by atoms with van der Waals surface area (Å²) in [6, 6.07) is 6.53. The van der Waals surface area contributed by atoms with Crippen molar-refractivity contribution in [3.05, 3.63) is 35.0 Å². The molecule has 1 aromatic heterocycles. The van der Waals surface area contributed by atoms with E-state index < -0.39 is 0 Å². The molecule has 2 aromatic rings. The van der Waals surface area contributed by atoms with Crippen molar-refractivity contribution in [3.8, 4) is 0 Å². The van der Waals surface area contributed by atoms with Crippen LogP contribution in [0.1, 0.15) is 35.5 Å². The first kappa shape index (κ1) is 18.0. The Morgan fingerprint density at radius 2 is 2.00 bits per heavy atom. The van der Waals surface area contributed by atoms with Gasteiger partial charge in [0.2, 0.25) is 0 Å². The molecule has 1 fully saturated rings. The molecule has 0 atom stereocenters. The lowest BCUT2D eigenvalue weighted by molar-refractivity contribution is 0.0383. The first-order valence-electron chi connectivity index (χ1n) is 9.35. The van der Waals surface area contributed by atoms with Crippen molar-refractivity contribution in [2.45, 2.75) is 33.7 Å². The number of nitrogens with one attached hydrogen (secondary N) is 1. The number of amides is 1. The zero-order valence-electron chi connectivity index (χ0n) is 15.6. The first-order chi connectivity index (χ1) is 12.2. The lowest BCUT2D eigenvalue weighted by Gasteiger charge is -2.26. The molecule has 0 radical (unpaired) electrons. The highest BCUT2D eigenvalue weighted by atomic mass is 16.5. The Morgan fingerprint density at radius 3 is 2.68 bits per heavy atom. The van der Waals surface area contributed by atoms with Gasteiger partial charge in [0, 0.05) is 43.6 Å². The molecular weight excluding hydrogens is 314 g/mol. The minimum atomic E-state index is 0.0295. The maximum Gasteiger partial charge on any atom is 0.268 e. The van der Waals surface area contributed by atoms with Crippen LogP contribution < -0.4 is 5.32 Å². The van der Waals surface area contributed by atoms with Crippen LogP contribution in [0.5, 0.6) is 0 Å². The molecule has 0 spiro atoms. The normalized spacial score (nSPS) is 15.6. The number of benzene rings is 1. The lowest BCUT2D eigenvalue weighted by Crippen LogP contribution is -2.41. The molecule has 1 amide bonds. The predicted octanol–water partition coefficient (Wildman–Crippen LogP) is 2.59. The summed E-state index contributed by atoms with van der Waals surface area (Å²) in [5.74, 6) is 0.0295. The van der Waals surface area contributed by atoms with Crippen LogP contribution in [-0.2, 0) is 17.7 Å². The van der Waals surface area contributed by atoms with Gasteiger partial charge in [-0.25, -0.2) is 0 Å².